The number of rotatable bonds is 8. The first-order chi connectivity index (χ1) is 17.4. The Balaban J connectivity index is 1.43. The second-order valence-corrected chi connectivity index (χ2v) is 9.22. The highest BCUT2D eigenvalue weighted by molar-refractivity contribution is 8.19. The molecule has 0 saturated carbocycles. The summed E-state index contributed by atoms with van der Waals surface area (Å²) < 4.78 is 11.1. The summed E-state index contributed by atoms with van der Waals surface area (Å²) in [5.74, 6) is 0.0395. The fraction of sp³-hybridized carbons (Fsp3) is 0.148. The van der Waals surface area contributed by atoms with E-state index >= 15 is 0 Å². The van der Waals surface area contributed by atoms with Crippen LogP contribution in [0.15, 0.2) is 71.6 Å². The van der Waals surface area contributed by atoms with E-state index in [1.165, 1.54) is 12.7 Å². The van der Waals surface area contributed by atoms with Crippen LogP contribution in [0.25, 0.3) is 6.08 Å². The van der Waals surface area contributed by atoms with Gasteiger partial charge >= 0.3 is 0 Å². The van der Waals surface area contributed by atoms with Gasteiger partial charge in [-0.05, 0) is 83.9 Å². The normalized spacial score (nSPS) is 14.3. The third-order valence-corrected chi connectivity index (χ3v) is 6.49. The van der Waals surface area contributed by atoms with Crippen LogP contribution in [-0.2, 0) is 16.0 Å². The number of ether oxygens (including phenoxy) is 2. The molecule has 4 rings (SSSR count). The molecule has 9 heteroatoms. The molecule has 0 radical (unpaired) electrons. The number of anilines is 2. The molecule has 0 spiro atoms. The van der Waals surface area contributed by atoms with Gasteiger partial charge in [-0.3, -0.25) is 14.4 Å². The van der Waals surface area contributed by atoms with E-state index < -0.39 is 11.1 Å². The Morgan fingerprint density at radius 2 is 1.75 bits per heavy atom. The molecule has 0 aliphatic carbocycles. The van der Waals surface area contributed by atoms with Crippen molar-refractivity contribution in [2.24, 2.45) is 0 Å². The van der Waals surface area contributed by atoms with Gasteiger partial charge < -0.3 is 14.8 Å². The maximum absolute atomic E-state index is 12.9. The van der Waals surface area contributed by atoms with Gasteiger partial charge in [0, 0.05) is 10.7 Å². The molecule has 1 saturated heterocycles. The summed E-state index contributed by atoms with van der Waals surface area (Å²) in [6, 6.07) is 19.1. The van der Waals surface area contributed by atoms with E-state index in [0.717, 1.165) is 23.1 Å². The van der Waals surface area contributed by atoms with Gasteiger partial charge in [0.25, 0.3) is 17.1 Å². The molecule has 1 fully saturated rings. The van der Waals surface area contributed by atoms with E-state index in [9.17, 15) is 14.4 Å². The average molecular weight is 523 g/mol. The number of halogens is 1. The molecule has 3 aromatic carbocycles. The minimum atomic E-state index is -0.421. The van der Waals surface area contributed by atoms with Crippen molar-refractivity contribution in [3.63, 3.8) is 0 Å². The van der Waals surface area contributed by atoms with E-state index in [0.29, 0.717) is 33.5 Å². The zero-order valence-corrected chi connectivity index (χ0v) is 21.2. The summed E-state index contributed by atoms with van der Waals surface area (Å²) in [6.45, 7) is 1.86. The summed E-state index contributed by atoms with van der Waals surface area (Å²) in [7, 11) is 1.48. The molecule has 1 aliphatic heterocycles. The smallest absolute Gasteiger partial charge is 0.298 e. The van der Waals surface area contributed by atoms with Crippen LogP contribution in [0, 0.1) is 0 Å². The van der Waals surface area contributed by atoms with E-state index in [1.54, 1.807) is 48.5 Å². The van der Waals surface area contributed by atoms with Gasteiger partial charge in [-0.25, -0.2) is 4.90 Å². The second kappa shape index (κ2) is 11.3. The van der Waals surface area contributed by atoms with Crippen molar-refractivity contribution in [2.45, 2.75) is 13.3 Å². The van der Waals surface area contributed by atoms with Crippen LogP contribution in [0.2, 0.25) is 5.02 Å². The van der Waals surface area contributed by atoms with Crippen LogP contribution in [0.4, 0.5) is 16.2 Å². The van der Waals surface area contributed by atoms with E-state index in [4.69, 9.17) is 21.1 Å². The van der Waals surface area contributed by atoms with E-state index in [2.05, 4.69) is 12.2 Å². The van der Waals surface area contributed by atoms with E-state index in [-0.39, 0.29) is 17.4 Å². The average Bonchev–Trinajstić information content (AvgIpc) is 3.16. The lowest BCUT2D eigenvalue weighted by molar-refractivity contribution is -0.118. The standard InChI is InChI=1S/C27H23ClN2O5S/c1-3-17-4-9-20(10-5-17)29-25(31)16-35-22-13-6-18(14-23(22)34-2)15-24-26(32)30(27(33)36-24)21-11-7-19(28)8-12-21/h4-15H,3,16H2,1-2H3,(H,29,31)/b24-15+. The van der Waals surface area contributed by atoms with Crippen LogP contribution >= 0.6 is 23.4 Å². The lowest BCUT2D eigenvalue weighted by atomic mass is 10.1. The Kier molecular flexibility index (Phi) is 7.97. The van der Waals surface area contributed by atoms with Crippen molar-refractivity contribution in [3.05, 3.63) is 87.8 Å². The van der Waals surface area contributed by atoms with Gasteiger partial charge in [-0.2, -0.15) is 0 Å². The summed E-state index contributed by atoms with van der Waals surface area (Å²) in [5, 5.41) is 2.91. The molecule has 1 aliphatic rings. The predicted octanol–water partition coefficient (Wildman–Crippen LogP) is 6.17. The molecule has 3 aromatic rings. The molecular weight excluding hydrogens is 500 g/mol. The fourth-order valence-corrected chi connectivity index (χ4v) is 4.46. The topological polar surface area (TPSA) is 84.9 Å². The van der Waals surface area contributed by atoms with Gasteiger partial charge in [0.2, 0.25) is 0 Å². The fourth-order valence-electron chi connectivity index (χ4n) is 3.49. The lowest BCUT2D eigenvalue weighted by Crippen LogP contribution is -2.27. The molecule has 0 aromatic heterocycles. The van der Waals surface area contributed by atoms with Crippen LogP contribution in [0.5, 0.6) is 11.5 Å². The molecule has 7 nitrogen and oxygen atoms in total. The highest BCUT2D eigenvalue weighted by atomic mass is 35.5. The maximum Gasteiger partial charge on any atom is 0.298 e. The van der Waals surface area contributed by atoms with Gasteiger partial charge in [0.05, 0.1) is 17.7 Å². The zero-order chi connectivity index (χ0) is 25.7. The van der Waals surface area contributed by atoms with Gasteiger partial charge in [-0.1, -0.05) is 36.7 Å². The first-order valence-corrected chi connectivity index (χ1v) is 12.3. The van der Waals surface area contributed by atoms with E-state index in [1.807, 2.05) is 24.3 Å². The number of nitrogens with one attached hydrogen (secondary N) is 1. The minimum absolute atomic E-state index is 0.203. The Hall–Kier alpha value is -3.75. The first kappa shape index (κ1) is 25.3. The number of aryl methyl sites for hydroxylation is 1. The van der Waals surface area contributed by atoms with Gasteiger partial charge in [0.1, 0.15) is 0 Å². The molecule has 0 unspecified atom stereocenters. The third kappa shape index (κ3) is 5.90. The minimum Gasteiger partial charge on any atom is -0.493 e. The highest BCUT2D eigenvalue weighted by Crippen LogP contribution is 2.37. The summed E-state index contributed by atoms with van der Waals surface area (Å²) in [5.41, 5.74) is 2.96. The summed E-state index contributed by atoms with van der Waals surface area (Å²) in [4.78, 5) is 39.0. The monoisotopic (exact) mass is 522 g/mol. The van der Waals surface area contributed by atoms with Gasteiger partial charge in [0.15, 0.2) is 18.1 Å². The largest absolute Gasteiger partial charge is 0.493 e. The Bertz CT molecular complexity index is 1320. The molecule has 0 bridgehead atoms. The Morgan fingerprint density at radius 1 is 1.03 bits per heavy atom. The number of amides is 3. The number of carbonyl (C=O) groups excluding carboxylic acids is 3. The number of hydrogen-bond acceptors (Lipinski definition) is 6. The summed E-state index contributed by atoms with van der Waals surface area (Å²) >= 11 is 6.76. The zero-order valence-electron chi connectivity index (χ0n) is 19.6. The van der Waals surface area contributed by atoms with Crippen molar-refractivity contribution in [2.75, 3.05) is 23.9 Å². The van der Waals surface area contributed by atoms with Crippen LogP contribution < -0.4 is 19.7 Å². The van der Waals surface area contributed by atoms with Crippen molar-refractivity contribution in [1.29, 1.82) is 0 Å². The number of methoxy groups -OCH3 is 1. The Labute approximate surface area is 218 Å². The predicted molar refractivity (Wildman–Crippen MR) is 143 cm³/mol. The molecular formula is C27H23ClN2O5S. The number of carbonyl (C=O) groups is 3. The molecule has 1 heterocycles. The van der Waals surface area contributed by atoms with Crippen molar-refractivity contribution in [1.82, 2.24) is 0 Å². The number of imide groups is 1. The highest BCUT2D eigenvalue weighted by Gasteiger charge is 2.36. The lowest BCUT2D eigenvalue weighted by Gasteiger charge is -2.12. The number of nitrogens with zero attached hydrogens (tertiary/aromatic N) is 1. The Morgan fingerprint density at radius 3 is 2.42 bits per heavy atom. The first-order valence-electron chi connectivity index (χ1n) is 11.1. The number of hydrogen-bond donors (Lipinski definition) is 1. The van der Waals surface area contributed by atoms with Crippen molar-refractivity contribution >= 4 is 57.9 Å². The number of benzene rings is 3. The molecule has 3 amide bonds. The SMILES string of the molecule is CCc1ccc(NC(=O)COc2ccc(/C=C3/SC(=O)N(c4ccc(Cl)cc4)C3=O)cc2OC)cc1. The molecule has 1 N–H and O–H groups in total. The van der Waals surface area contributed by atoms with Crippen LogP contribution in [0.3, 0.4) is 0 Å². The second-order valence-electron chi connectivity index (χ2n) is 7.79. The summed E-state index contributed by atoms with van der Waals surface area (Å²) in [6.07, 6.45) is 2.54. The molecule has 36 heavy (non-hydrogen) atoms. The molecule has 184 valence electrons. The van der Waals surface area contributed by atoms with Crippen LogP contribution in [-0.4, -0.2) is 30.8 Å². The van der Waals surface area contributed by atoms with Crippen molar-refractivity contribution in [3.8, 4) is 11.5 Å². The third-order valence-electron chi connectivity index (χ3n) is 5.37. The molecule has 0 atom stereocenters. The van der Waals surface area contributed by atoms with Gasteiger partial charge in [-0.15, -0.1) is 0 Å². The quantitative estimate of drug-likeness (QED) is 0.356. The maximum atomic E-state index is 12.9. The van der Waals surface area contributed by atoms with Crippen molar-refractivity contribution < 1.29 is 23.9 Å². The number of thioether (sulfide) groups is 1. The van der Waals surface area contributed by atoms with Crippen LogP contribution in [0.1, 0.15) is 18.1 Å².